The van der Waals surface area contributed by atoms with E-state index in [1.165, 1.54) is 6.07 Å². The van der Waals surface area contributed by atoms with Crippen LogP contribution in [0.1, 0.15) is 20.7 Å². The molecule has 3 aromatic carbocycles. The zero-order chi connectivity index (χ0) is 19.4. The van der Waals surface area contributed by atoms with Gasteiger partial charge in [0.05, 0.1) is 5.56 Å². The minimum absolute atomic E-state index is 0.0769. The molecule has 3 aromatic rings. The van der Waals surface area contributed by atoms with Gasteiger partial charge in [0.25, 0.3) is 11.8 Å². The van der Waals surface area contributed by atoms with Gasteiger partial charge in [0.15, 0.2) is 5.11 Å². The van der Waals surface area contributed by atoms with Crippen molar-refractivity contribution in [3.05, 3.63) is 76.8 Å². The molecule has 0 fully saturated rings. The van der Waals surface area contributed by atoms with Crippen LogP contribution in [0.4, 0.5) is 0 Å². The van der Waals surface area contributed by atoms with Crippen LogP contribution < -0.4 is 16.2 Å². The van der Waals surface area contributed by atoms with Crippen LogP contribution in [0.25, 0.3) is 10.8 Å². The predicted octanol–water partition coefficient (Wildman–Crippen LogP) is 3.15. The third-order valence-corrected chi connectivity index (χ3v) is 4.19. The molecule has 6 nitrogen and oxygen atoms in total. The standard InChI is InChI=1S/C19H14ClN3O3S/c20-14-7-5-11(6-8-14)17(25)21-19(27)23-22-18(26)15-9-12-3-1-2-4-13(12)10-16(15)24/h1-10,24H,(H,22,26)(H2,21,23,25,27). The zero-order valence-corrected chi connectivity index (χ0v) is 15.4. The molecule has 0 aliphatic carbocycles. The first-order chi connectivity index (χ1) is 12.9. The molecule has 8 heteroatoms. The van der Waals surface area contributed by atoms with Gasteiger partial charge in [-0.25, -0.2) is 0 Å². The fraction of sp³-hybridized carbons (Fsp3) is 0. The van der Waals surface area contributed by atoms with Crippen LogP contribution in [0.15, 0.2) is 60.7 Å². The van der Waals surface area contributed by atoms with Gasteiger partial charge in [0.1, 0.15) is 5.75 Å². The molecule has 0 heterocycles. The molecule has 0 spiro atoms. The Bertz CT molecular complexity index is 1040. The summed E-state index contributed by atoms with van der Waals surface area (Å²) >= 11 is 10.8. The largest absolute Gasteiger partial charge is 0.507 e. The van der Waals surface area contributed by atoms with E-state index < -0.39 is 11.8 Å². The Labute approximate surface area is 165 Å². The van der Waals surface area contributed by atoms with Crippen molar-refractivity contribution in [2.75, 3.05) is 0 Å². The number of carbonyl (C=O) groups is 2. The normalized spacial score (nSPS) is 10.3. The van der Waals surface area contributed by atoms with E-state index in [4.69, 9.17) is 23.8 Å². The number of amides is 2. The first-order valence-corrected chi connectivity index (χ1v) is 8.61. The second kappa shape index (κ2) is 8.03. The van der Waals surface area contributed by atoms with Gasteiger partial charge in [-0.1, -0.05) is 35.9 Å². The predicted molar refractivity (Wildman–Crippen MR) is 108 cm³/mol. The lowest BCUT2D eigenvalue weighted by Crippen LogP contribution is -2.48. The first kappa shape index (κ1) is 18.6. The maximum absolute atomic E-state index is 12.3. The Morgan fingerprint density at radius 1 is 0.889 bits per heavy atom. The zero-order valence-electron chi connectivity index (χ0n) is 13.8. The van der Waals surface area contributed by atoms with Gasteiger partial charge in [-0.15, -0.1) is 0 Å². The quantitative estimate of drug-likeness (QED) is 0.392. The van der Waals surface area contributed by atoms with E-state index >= 15 is 0 Å². The average molecular weight is 400 g/mol. The van der Waals surface area contributed by atoms with Crippen LogP contribution in [0.2, 0.25) is 5.02 Å². The van der Waals surface area contributed by atoms with Gasteiger partial charge in [0, 0.05) is 10.6 Å². The highest BCUT2D eigenvalue weighted by atomic mass is 35.5. The summed E-state index contributed by atoms with van der Waals surface area (Å²) < 4.78 is 0. The van der Waals surface area contributed by atoms with Crippen LogP contribution in [-0.4, -0.2) is 22.0 Å². The Kier molecular flexibility index (Phi) is 5.54. The number of fused-ring (bicyclic) bond motifs is 1. The van der Waals surface area contributed by atoms with E-state index in [1.54, 1.807) is 30.3 Å². The fourth-order valence-corrected chi connectivity index (χ4v) is 2.67. The first-order valence-electron chi connectivity index (χ1n) is 7.83. The van der Waals surface area contributed by atoms with E-state index in [9.17, 15) is 14.7 Å². The Balaban J connectivity index is 1.61. The van der Waals surface area contributed by atoms with E-state index in [-0.39, 0.29) is 16.4 Å². The van der Waals surface area contributed by atoms with Crippen LogP contribution in [0.5, 0.6) is 5.75 Å². The summed E-state index contributed by atoms with van der Waals surface area (Å²) in [5.41, 5.74) is 5.22. The second-order valence-electron chi connectivity index (χ2n) is 5.59. The Morgan fingerprint density at radius 3 is 2.19 bits per heavy atom. The highest BCUT2D eigenvalue weighted by molar-refractivity contribution is 7.80. The van der Waals surface area contributed by atoms with Gasteiger partial charge in [-0.05, 0) is 59.4 Å². The molecule has 0 aromatic heterocycles. The van der Waals surface area contributed by atoms with Crippen LogP contribution in [0.3, 0.4) is 0 Å². The molecule has 0 atom stereocenters. The minimum atomic E-state index is -0.596. The molecule has 0 aliphatic heterocycles. The maximum atomic E-state index is 12.3. The number of carbonyl (C=O) groups excluding carboxylic acids is 2. The van der Waals surface area contributed by atoms with Gasteiger partial charge < -0.3 is 5.11 Å². The third kappa shape index (κ3) is 4.52. The van der Waals surface area contributed by atoms with Gasteiger partial charge in [-0.2, -0.15) is 0 Å². The number of hydrogen-bond acceptors (Lipinski definition) is 4. The molecule has 2 amide bonds. The molecule has 3 rings (SSSR count). The second-order valence-corrected chi connectivity index (χ2v) is 6.43. The summed E-state index contributed by atoms with van der Waals surface area (Å²) in [5.74, 6) is -1.21. The summed E-state index contributed by atoms with van der Waals surface area (Å²) in [6.45, 7) is 0. The molecule has 4 N–H and O–H groups in total. The minimum Gasteiger partial charge on any atom is -0.507 e. The van der Waals surface area contributed by atoms with Gasteiger partial charge in [0.2, 0.25) is 0 Å². The number of rotatable bonds is 2. The van der Waals surface area contributed by atoms with Crippen molar-refractivity contribution >= 4 is 51.5 Å². The SMILES string of the molecule is O=C(NC(=S)NNC(=O)c1cc2ccccc2cc1O)c1ccc(Cl)cc1. The van der Waals surface area contributed by atoms with E-state index in [1.807, 2.05) is 24.3 Å². The number of hydrogen-bond donors (Lipinski definition) is 4. The topological polar surface area (TPSA) is 90.5 Å². The number of halogens is 1. The summed E-state index contributed by atoms with van der Waals surface area (Å²) in [6.07, 6.45) is 0. The molecule has 0 unspecified atom stereocenters. The number of phenols is 1. The average Bonchev–Trinajstić information content (AvgIpc) is 2.66. The number of nitrogens with one attached hydrogen (secondary N) is 3. The van der Waals surface area contributed by atoms with Crippen molar-refractivity contribution in [1.82, 2.24) is 16.2 Å². The molecule has 0 aliphatic rings. The summed E-state index contributed by atoms with van der Waals surface area (Å²) in [6, 6.07) is 16.7. The molecule has 27 heavy (non-hydrogen) atoms. The highest BCUT2D eigenvalue weighted by Crippen LogP contribution is 2.24. The monoisotopic (exact) mass is 399 g/mol. The number of hydrazine groups is 1. The Morgan fingerprint density at radius 2 is 1.52 bits per heavy atom. The summed E-state index contributed by atoms with van der Waals surface area (Å²) in [4.78, 5) is 24.3. The van der Waals surface area contributed by atoms with Crippen LogP contribution in [-0.2, 0) is 0 Å². The number of aromatic hydroxyl groups is 1. The van der Waals surface area contributed by atoms with Crippen molar-refractivity contribution in [3.63, 3.8) is 0 Å². The van der Waals surface area contributed by atoms with E-state index in [0.717, 1.165) is 10.8 Å². The summed E-state index contributed by atoms with van der Waals surface area (Å²) in [7, 11) is 0. The van der Waals surface area contributed by atoms with Crippen molar-refractivity contribution in [2.45, 2.75) is 0 Å². The number of benzene rings is 3. The highest BCUT2D eigenvalue weighted by Gasteiger charge is 2.13. The molecule has 0 bridgehead atoms. The third-order valence-electron chi connectivity index (χ3n) is 3.73. The van der Waals surface area contributed by atoms with Crippen molar-refractivity contribution in [3.8, 4) is 5.75 Å². The maximum Gasteiger partial charge on any atom is 0.273 e. The van der Waals surface area contributed by atoms with Crippen LogP contribution in [0, 0.1) is 0 Å². The molecule has 0 saturated carbocycles. The summed E-state index contributed by atoms with van der Waals surface area (Å²) in [5, 5.41) is 14.5. The molecule has 136 valence electrons. The van der Waals surface area contributed by atoms with E-state index in [2.05, 4.69) is 16.2 Å². The van der Waals surface area contributed by atoms with Crippen LogP contribution >= 0.6 is 23.8 Å². The molecule has 0 radical (unpaired) electrons. The fourth-order valence-electron chi connectivity index (χ4n) is 2.40. The van der Waals surface area contributed by atoms with Crippen molar-refractivity contribution in [1.29, 1.82) is 0 Å². The molecule has 0 saturated heterocycles. The lowest BCUT2D eigenvalue weighted by Gasteiger charge is -2.12. The smallest absolute Gasteiger partial charge is 0.273 e. The number of phenolic OH excluding ortho intramolecular Hbond substituents is 1. The van der Waals surface area contributed by atoms with E-state index in [0.29, 0.717) is 10.6 Å². The lowest BCUT2D eigenvalue weighted by atomic mass is 10.1. The van der Waals surface area contributed by atoms with Crippen molar-refractivity contribution < 1.29 is 14.7 Å². The molecular weight excluding hydrogens is 386 g/mol. The van der Waals surface area contributed by atoms with Crippen molar-refractivity contribution in [2.24, 2.45) is 0 Å². The molecular formula is C19H14ClN3O3S. The van der Waals surface area contributed by atoms with Gasteiger partial charge in [-0.3, -0.25) is 25.8 Å². The lowest BCUT2D eigenvalue weighted by molar-refractivity contribution is 0.0932. The number of thiocarbonyl (C=S) groups is 1. The van der Waals surface area contributed by atoms with Gasteiger partial charge >= 0.3 is 0 Å². The Hall–Kier alpha value is -3.16.